The third kappa shape index (κ3) is 2.98. The van der Waals surface area contributed by atoms with Gasteiger partial charge in [-0.2, -0.15) is 0 Å². The lowest BCUT2D eigenvalue weighted by atomic mass is 10.1. The molecule has 2 N–H and O–H groups in total. The maximum Gasteiger partial charge on any atom is 0.0571 e. The molecule has 0 amide bonds. The van der Waals surface area contributed by atoms with Crippen molar-refractivity contribution in [1.29, 1.82) is 0 Å². The fraction of sp³-hybridized carbons (Fsp3) is 0.500. The van der Waals surface area contributed by atoms with Crippen LogP contribution in [0.3, 0.4) is 0 Å². The number of aromatic nitrogens is 1. The zero-order valence-corrected chi connectivity index (χ0v) is 8.33. The lowest BCUT2D eigenvalue weighted by molar-refractivity contribution is 0.583. The molecule has 1 aromatic heterocycles. The van der Waals surface area contributed by atoms with E-state index in [0.29, 0.717) is 0 Å². The summed E-state index contributed by atoms with van der Waals surface area (Å²) >= 11 is 0. The summed E-state index contributed by atoms with van der Waals surface area (Å²) in [4.78, 5) is 4.23. The second kappa shape index (κ2) is 4.58. The molecule has 0 spiro atoms. The molecule has 1 heterocycles. The first-order valence-electron chi connectivity index (χ1n) is 4.53. The molecule has 13 heavy (non-hydrogen) atoms. The highest BCUT2D eigenvalue weighted by Crippen LogP contribution is 2.36. The molecule has 0 unspecified atom stereocenters. The van der Waals surface area contributed by atoms with E-state index in [1.165, 1.54) is 12.8 Å². The van der Waals surface area contributed by atoms with Crippen molar-refractivity contribution in [3.63, 3.8) is 0 Å². The number of halogens is 1. The molecule has 0 aromatic carbocycles. The quantitative estimate of drug-likeness (QED) is 0.810. The minimum atomic E-state index is 0. The first-order chi connectivity index (χ1) is 5.86. The van der Waals surface area contributed by atoms with Gasteiger partial charge in [0.05, 0.1) is 5.69 Å². The van der Waals surface area contributed by atoms with Gasteiger partial charge in [-0.1, -0.05) is 18.9 Å². The van der Waals surface area contributed by atoms with Crippen LogP contribution in [0.5, 0.6) is 0 Å². The van der Waals surface area contributed by atoms with Gasteiger partial charge in [0, 0.05) is 12.2 Å². The first kappa shape index (κ1) is 10.5. The number of hydrogen-bond acceptors (Lipinski definition) is 2. The van der Waals surface area contributed by atoms with Crippen molar-refractivity contribution >= 4 is 12.4 Å². The van der Waals surface area contributed by atoms with E-state index in [1.807, 2.05) is 24.4 Å². The normalized spacial score (nSPS) is 17.6. The molecule has 0 bridgehead atoms. The van der Waals surface area contributed by atoms with Gasteiger partial charge in [0.1, 0.15) is 0 Å². The van der Waals surface area contributed by atoms with E-state index in [0.717, 1.165) is 18.0 Å². The molecule has 1 aliphatic rings. The molecular weight excluding hydrogens is 184 g/mol. The number of nitrogens with two attached hydrogens (primary N) is 1. The minimum Gasteiger partial charge on any atom is -0.323 e. The third-order valence-electron chi connectivity index (χ3n) is 2.35. The van der Waals surface area contributed by atoms with Crippen molar-refractivity contribution in [3.8, 4) is 0 Å². The summed E-state index contributed by atoms with van der Waals surface area (Å²) in [6.07, 6.45) is 5.64. The van der Waals surface area contributed by atoms with Crippen molar-refractivity contribution in [3.05, 3.63) is 30.1 Å². The van der Waals surface area contributed by atoms with E-state index < -0.39 is 0 Å². The van der Waals surface area contributed by atoms with Crippen molar-refractivity contribution in [1.82, 2.24) is 4.98 Å². The summed E-state index contributed by atoms with van der Waals surface area (Å²) in [6, 6.07) is 6.08. The second-order valence-corrected chi connectivity index (χ2v) is 3.54. The maximum atomic E-state index is 5.97. The average Bonchev–Trinajstić information content (AvgIpc) is 2.90. The number of pyridine rings is 1. The summed E-state index contributed by atoms with van der Waals surface area (Å²) in [6.45, 7) is 0. The van der Waals surface area contributed by atoms with Crippen LogP contribution >= 0.6 is 12.4 Å². The lowest BCUT2D eigenvalue weighted by Crippen LogP contribution is -2.12. The molecule has 72 valence electrons. The van der Waals surface area contributed by atoms with E-state index >= 15 is 0 Å². The zero-order chi connectivity index (χ0) is 8.39. The van der Waals surface area contributed by atoms with Gasteiger partial charge in [0.25, 0.3) is 0 Å². The monoisotopic (exact) mass is 198 g/mol. The standard InChI is InChI=1S/C10H14N2.ClH/c11-9(7-8-4-5-8)10-3-1-2-6-12-10;/h1-3,6,8-9H,4-5,7,11H2;1H/t9-;/m0./s1. The Morgan fingerprint density at radius 1 is 1.46 bits per heavy atom. The number of hydrogen-bond donors (Lipinski definition) is 1. The SMILES string of the molecule is Cl.N[C@@H](CC1CC1)c1ccccn1. The topological polar surface area (TPSA) is 38.9 Å². The Morgan fingerprint density at radius 3 is 2.77 bits per heavy atom. The van der Waals surface area contributed by atoms with Gasteiger partial charge >= 0.3 is 0 Å². The predicted octanol–water partition coefficient (Wildman–Crippen LogP) is 2.30. The smallest absolute Gasteiger partial charge is 0.0571 e. The Morgan fingerprint density at radius 2 is 2.23 bits per heavy atom. The Hall–Kier alpha value is -0.600. The summed E-state index contributed by atoms with van der Waals surface area (Å²) < 4.78 is 0. The third-order valence-corrected chi connectivity index (χ3v) is 2.35. The summed E-state index contributed by atoms with van der Waals surface area (Å²) in [5, 5.41) is 0. The van der Waals surface area contributed by atoms with Crippen LogP contribution < -0.4 is 5.73 Å². The van der Waals surface area contributed by atoms with Gasteiger partial charge in [0.2, 0.25) is 0 Å². The molecule has 1 saturated carbocycles. The van der Waals surface area contributed by atoms with Crippen LogP contribution in [0.15, 0.2) is 24.4 Å². The zero-order valence-electron chi connectivity index (χ0n) is 7.52. The highest BCUT2D eigenvalue weighted by atomic mass is 35.5. The Bertz CT molecular complexity index is 246. The second-order valence-electron chi connectivity index (χ2n) is 3.54. The van der Waals surface area contributed by atoms with Crippen molar-refractivity contribution < 1.29 is 0 Å². The molecule has 1 fully saturated rings. The first-order valence-corrected chi connectivity index (χ1v) is 4.53. The lowest BCUT2D eigenvalue weighted by Gasteiger charge is -2.08. The van der Waals surface area contributed by atoms with Crippen LogP contribution in [-0.4, -0.2) is 4.98 Å². The van der Waals surface area contributed by atoms with E-state index in [9.17, 15) is 0 Å². The summed E-state index contributed by atoms with van der Waals surface area (Å²) in [7, 11) is 0. The summed E-state index contributed by atoms with van der Waals surface area (Å²) in [5.74, 6) is 0.877. The molecular formula is C10H15ClN2. The Labute approximate surface area is 85.0 Å². The van der Waals surface area contributed by atoms with E-state index in [2.05, 4.69) is 4.98 Å². The van der Waals surface area contributed by atoms with Gasteiger partial charge in [-0.3, -0.25) is 4.98 Å². The largest absolute Gasteiger partial charge is 0.323 e. The van der Waals surface area contributed by atoms with E-state index in [1.54, 1.807) is 0 Å². The molecule has 3 heteroatoms. The van der Waals surface area contributed by atoms with Crippen LogP contribution in [0.4, 0.5) is 0 Å². The molecule has 1 atom stereocenters. The van der Waals surface area contributed by atoms with Crippen LogP contribution in [-0.2, 0) is 0 Å². The highest BCUT2D eigenvalue weighted by molar-refractivity contribution is 5.85. The van der Waals surface area contributed by atoms with Gasteiger partial charge < -0.3 is 5.73 Å². The number of nitrogens with zero attached hydrogens (tertiary/aromatic N) is 1. The van der Waals surface area contributed by atoms with Crippen LogP contribution in [0.1, 0.15) is 31.0 Å². The van der Waals surface area contributed by atoms with Crippen molar-refractivity contribution in [2.45, 2.75) is 25.3 Å². The van der Waals surface area contributed by atoms with Crippen molar-refractivity contribution in [2.75, 3.05) is 0 Å². The number of rotatable bonds is 3. The van der Waals surface area contributed by atoms with E-state index in [4.69, 9.17) is 5.73 Å². The average molecular weight is 199 g/mol. The molecule has 0 saturated heterocycles. The van der Waals surface area contributed by atoms with Crippen LogP contribution in [0, 0.1) is 5.92 Å². The summed E-state index contributed by atoms with van der Waals surface area (Å²) in [5.41, 5.74) is 7.01. The Balaban J connectivity index is 0.000000845. The fourth-order valence-corrected chi connectivity index (χ4v) is 1.43. The van der Waals surface area contributed by atoms with E-state index in [-0.39, 0.29) is 18.4 Å². The molecule has 2 rings (SSSR count). The Kier molecular flexibility index (Phi) is 3.70. The van der Waals surface area contributed by atoms with Gasteiger partial charge in [-0.25, -0.2) is 0 Å². The molecule has 1 aromatic rings. The van der Waals surface area contributed by atoms with Gasteiger partial charge in [0.15, 0.2) is 0 Å². The molecule has 0 aliphatic heterocycles. The highest BCUT2D eigenvalue weighted by Gasteiger charge is 2.24. The maximum absolute atomic E-state index is 5.97. The fourth-order valence-electron chi connectivity index (χ4n) is 1.43. The molecule has 0 radical (unpaired) electrons. The predicted molar refractivity (Wildman–Crippen MR) is 55.8 cm³/mol. The minimum absolute atomic E-state index is 0. The van der Waals surface area contributed by atoms with Gasteiger partial charge in [-0.15, -0.1) is 12.4 Å². The molecule has 1 aliphatic carbocycles. The van der Waals surface area contributed by atoms with Crippen molar-refractivity contribution in [2.24, 2.45) is 11.7 Å². The van der Waals surface area contributed by atoms with Crippen LogP contribution in [0.2, 0.25) is 0 Å². The molecule has 2 nitrogen and oxygen atoms in total. The van der Waals surface area contributed by atoms with Gasteiger partial charge in [-0.05, 0) is 24.5 Å². The van der Waals surface area contributed by atoms with Crippen LogP contribution in [0.25, 0.3) is 0 Å².